The van der Waals surface area contributed by atoms with Gasteiger partial charge in [0.05, 0.1) is 38.6 Å². The molecule has 0 radical (unpaired) electrons. The van der Waals surface area contributed by atoms with Gasteiger partial charge in [-0.1, -0.05) is 55.3 Å². The van der Waals surface area contributed by atoms with Crippen molar-refractivity contribution in [3.63, 3.8) is 0 Å². The van der Waals surface area contributed by atoms with Gasteiger partial charge in [0.1, 0.15) is 35.2 Å². The first kappa shape index (κ1) is 34.7. The molecule has 50 heavy (non-hydrogen) atoms. The first-order valence-corrected chi connectivity index (χ1v) is 17.3. The molecule has 1 aromatic heterocycles. The number of nitrogens with zero attached hydrogens (tertiary/aromatic N) is 2. The molecule has 3 aromatic rings. The van der Waals surface area contributed by atoms with Crippen LogP contribution in [0.2, 0.25) is 0 Å². The zero-order chi connectivity index (χ0) is 35.3. The quantitative estimate of drug-likeness (QED) is 0.261. The molecule has 6 rings (SSSR count). The summed E-state index contributed by atoms with van der Waals surface area (Å²) in [4.78, 5) is 60.3. The predicted molar refractivity (Wildman–Crippen MR) is 185 cm³/mol. The monoisotopic (exact) mass is 684 g/mol. The summed E-state index contributed by atoms with van der Waals surface area (Å²) >= 11 is 0. The number of carbonyl (C=O) groups is 4. The van der Waals surface area contributed by atoms with Crippen LogP contribution in [0.1, 0.15) is 51.9 Å². The van der Waals surface area contributed by atoms with Crippen LogP contribution in [0.15, 0.2) is 66.7 Å². The molecular formula is C38H44N4O8. The van der Waals surface area contributed by atoms with Crippen molar-refractivity contribution in [3.8, 4) is 22.8 Å². The van der Waals surface area contributed by atoms with Gasteiger partial charge >= 0.3 is 18.0 Å². The van der Waals surface area contributed by atoms with E-state index in [2.05, 4.69) is 10.6 Å². The second kappa shape index (κ2) is 15.2. The number of methoxy groups -OCH3 is 2. The first-order valence-electron chi connectivity index (χ1n) is 17.3. The summed E-state index contributed by atoms with van der Waals surface area (Å²) in [5.41, 5.74) is 1.03. The van der Waals surface area contributed by atoms with Crippen LogP contribution in [0.25, 0.3) is 22.2 Å². The Morgan fingerprint density at radius 3 is 2.62 bits per heavy atom. The van der Waals surface area contributed by atoms with Gasteiger partial charge in [0.2, 0.25) is 5.91 Å². The fraction of sp³-hybridized carbons (Fsp3) is 0.447. The lowest BCUT2D eigenvalue weighted by atomic mass is 10.1. The van der Waals surface area contributed by atoms with E-state index in [1.807, 2.05) is 66.7 Å². The third-order valence-corrected chi connectivity index (χ3v) is 9.68. The molecule has 2 fully saturated rings. The van der Waals surface area contributed by atoms with Gasteiger partial charge in [-0.15, -0.1) is 0 Å². The number of allylic oxidation sites excluding steroid dienone is 1. The van der Waals surface area contributed by atoms with Crippen LogP contribution >= 0.6 is 0 Å². The van der Waals surface area contributed by atoms with Crippen molar-refractivity contribution in [2.24, 2.45) is 5.92 Å². The van der Waals surface area contributed by atoms with Gasteiger partial charge in [0.25, 0.3) is 0 Å². The summed E-state index contributed by atoms with van der Waals surface area (Å²) in [6.07, 6.45) is 7.55. The van der Waals surface area contributed by atoms with E-state index >= 15 is 0 Å². The Kier molecular flexibility index (Phi) is 10.5. The highest BCUT2D eigenvalue weighted by Crippen LogP contribution is 2.46. The van der Waals surface area contributed by atoms with Crippen LogP contribution in [-0.2, 0) is 23.9 Å². The largest absolute Gasteiger partial charge is 0.497 e. The van der Waals surface area contributed by atoms with Crippen molar-refractivity contribution < 1.29 is 38.1 Å². The van der Waals surface area contributed by atoms with E-state index < -0.39 is 47.6 Å². The average Bonchev–Trinajstić information content (AvgIpc) is 3.66. The second-order valence-electron chi connectivity index (χ2n) is 13.0. The Morgan fingerprint density at radius 1 is 1.04 bits per heavy atom. The number of amides is 3. The second-order valence-corrected chi connectivity index (χ2v) is 13.0. The van der Waals surface area contributed by atoms with Gasteiger partial charge in [-0.05, 0) is 44.7 Å². The topological polar surface area (TPSA) is 145 Å². The Morgan fingerprint density at radius 2 is 1.86 bits per heavy atom. The van der Waals surface area contributed by atoms with E-state index in [4.69, 9.17) is 23.9 Å². The van der Waals surface area contributed by atoms with Crippen molar-refractivity contribution in [1.82, 2.24) is 20.5 Å². The van der Waals surface area contributed by atoms with Gasteiger partial charge in [-0.2, -0.15) is 0 Å². The Labute approximate surface area is 291 Å². The molecule has 264 valence electrons. The van der Waals surface area contributed by atoms with Gasteiger partial charge in [-0.3, -0.25) is 4.79 Å². The Balaban J connectivity index is 1.33. The van der Waals surface area contributed by atoms with E-state index in [-0.39, 0.29) is 25.5 Å². The van der Waals surface area contributed by atoms with Gasteiger partial charge in [0, 0.05) is 35.4 Å². The SMILES string of the molecule is CCOC(=O)[C@@]12C[C@H]1/C=C\CCCCC[C@@H](C(=O)OC)NC(=O)N1CC(Oc3cc(-c4ccccc4)nc4cc(OC)ccc34)C[C@H]1C(=O)N2. The zero-order valence-corrected chi connectivity index (χ0v) is 28.7. The number of hydrogen-bond acceptors (Lipinski definition) is 9. The van der Waals surface area contributed by atoms with Crippen LogP contribution in [-0.4, -0.2) is 84.9 Å². The normalized spacial score (nSPS) is 26.1. The molecule has 12 heteroatoms. The smallest absolute Gasteiger partial charge is 0.332 e. The van der Waals surface area contributed by atoms with Gasteiger partial charge < -0.3 is 34.5 Å². The van der Waals surface area contributed by atoms with Crippen LogP contribution in [0, 0.1) is 5.92 Å². The highest BCUT2D eigenvalue weighted by atomic mass is 16.5. The fourth-order valence-electron chi connectivity index (χ4n) is 6.88. The molecule has 12 nitrogen and oxygen atoms in total. The highest BCUT2D eigenvalue weighted by Gasteiger charge is 2.62. The molecule has 2 N–H and O–H groups in total. The molecule has 3 amide bonds. The number of urea groups is 1. The number of esters is 2. The molecule has 1 aliphatic carbocycles. The standard InChI is InChI=1S/C38H44N4O8/c1-4-49-36(45)38-22-25(38)15-11-6-5-7-12-16-29(35(44)48-3)40-37(46)42-23-27(20-32(42)34(43)41-38)50-33-21-30(24-13-9-8-10-14-24)39-31-19-26(47-2)17-18-28(31)33/h8-11,13-15,17-19,21,25,27,29,32H,4-7,12,16,20,22-23H2,1-3H3,(H,40,46)(H,41,43)/b15-11-/t25-,27?,29+,32+,38-/m1/s1. The predicted octanol–water partition coefficient (Wildman–Crippen LogP) is 4.94. The molecule has 2 aliphatic heterocycles. The van der Waals surface area contributed by atoms with Crippen molar-refractivity contribution in [3.05, 3.63) is 66.7 Å². The first-order chi connectivity index (χ1) is 24.3. The van der Waals surface area contributed by atoms with Crippen molar-refractivity contribution in [2.75, 3.05) is 27.4 Å². The van der Waals surface area contributed by atoms with Gasteiger partial charge in [0.15, 0.2) is 0 Å². The Bertz CT molecular complexity index is 1760. The summed E-state index contributed by atoms with van der Waals surface area (Å²) in [6, 6.07) is 14.6. The maximum absolute atomic E-state index is 14.1. The summed E-state index contributed by atoms with van der Waals surface area (Å²) in [7, 11) is 2.88. The summed E-state index contributed by atoms with van der Waals surface area (Å²) in [5.74, 6) is -0.587. The number of carbonyl (C=O) groups excluding carboxylic acids is 4. The lowest BCUT2D eigenvalue weighted by molar-refractivity contribution is -0.149. The number of ether oxygens (including phenoxy) is 4. The number of nitrogens with one attached hydrogen (secondary N) is 2. The van der Waals surface area contributed by atoms with Crippen LogP contribution in [0.5, 0.6) is 11.5 Å². The molecule has 3 heterocycles. The minimum Gasteiger partial charge on any atom is -0.497 e. The molecule has 1 saturated heterocycles. The number of aromatic nitrogens is 1. The van der Waals surface area contributed by atoms with Gasteiger partial charge in [-0.25, -0.2) is 19.4 Å². The molecule has 0 bridgehead atoms. The third kappa shape index (κ3) is 7.39. The molecule has 1 unspecified atom stereocenters. The number of fused-ring (bicyclic) bond motifs is 3. The fourth-order valence-corrected chi connectivity index (χ4v) is 6.88. The maximum atomic E-state index is 14.1. The lowest BCUT2D eigenvalue weighted by Gasteiger charge is -2.28. The lowest BCUT2D eigenvalue weighted by Crippen LogP contribution is -2.56. The van der Waals surface area contributed by atoms with E-state index in [1.165, 1.54) is 12.0 Å². The molecule has 3 aliphatic rings. The number of benzene rings is 2. The molecule has 0 spiro atoms. The highest BCUT2D eigenvalue weighted by molar-refractivity contribution is 5.96. The van der Waals surface area contributed by atoms with Crippen molar-refractivity contribution in [2.45, 2.75) is 75.6 Å². The van der Waals surface area contributed by atoms with Crippen LogP contribution in [0.3, 0.4) is 0 Å². The van der Waals surface area contributed by atoms with Crippen LogP contribution in [0.4, 0.5) is 4.79 Å². The number of rotatable bonds is 7. The molecular weight excluding hydrogens is 640 g/mol. The summed E-state index contributed by atoms with van der Waals surface area (Å²) in [5, 5.41) is 6.53. The molecule has 2 aromatic carbocycles. The zero-order valence-electron chi connectivity index (χ0n) is 28.7. The van der Waals surface area contributed by atoms with Crippen molar-refractivity contribution >= 4 is 34.8 Å². The Hall–Kier alpha value is -5.13. The van der Waals surface area contributed by atoms with E-state index in [9.17, 15) is 19.2 Å². The van der Waals surface area contributed by atoms with E-state index in [0.717, 1.165) is 30.2 Å². The maximum Gasteiger partial charge on any atom is 0.332 e. The molecule has 1 saturated carbocycles. The average molecular weight is 685 g/mol. The molecule has 5 atom stereocenters. The van der Waals surface area contributed by atoms with Crippen LogP contribution < -0.4 is 20.1 Å². The number of pyridine rings is 1. The van der Waals surface area contributed by atoms with E-state index in [0.29, 0.717) is 42.0 Å². The number of hydrogen-bond donors (Lipinski definition) is 2. The van der Waals surface area contributed by atoms with Crippen molar-refractivity contribution in [1.29, 1.82) is 0 Å². The van der Waals surface area contributed by atoms with E-state index in [1.54, 1.807) is 14.0 Å². The minimum absolute atomic E-state index is 0.0498. The summed E-state index contributed by atoms with van der Waals surface area (Å²) < 4.78 is 22.5. The minimum atomic E-state index is -1.21. The third-order valence-electron chi connectivity index (χ3n) is 9.68. The summed E-state index contributed by atoms with van der Waals surface area (Å²) in [6.45, 7) is 1.95.